The third kappa shape index (κ3) is 4.66. The van der Waals surface area contributed by atoms with Crippen LogP contribution in [0, 0.1) is 0 Å². The van der Waals surface area contributed by atoms with Crippen molar-refractivity contribution in [3.8, 4) is 11.5 Å². The van der Waals surface area contributed by atoms with Gasteiger partial charge in [0.05, 0.1) is 11.4 Å². The predicted molar refractivity (Wildman–Crippen MR) is 99.0 cm³/mol. The van der Waals surface area contributed by atoms with E-state index >= 15 is 0 Å². The summed E-state index contributed by atoms with van der Waals surface area (Å²) in [4.78, 5) is 16.4. The number of amides is 1. The quantitative estimate of drug-likeness (QED) is 0.824. The first-order chi connectivity index (χ1) is 12.0. The number of hydrogen-bond donors (Lipinski definition) is 1. The van der Waals surface area contributed by atoms with Gasteiger partial charge >= 0.3 is 0 Å². The summed E-state index contributed by atoms with van der Waals surface area (Å²) in [6, 6.07) is 11.7. The molecule has 0 fully saturated rings. The molecular formula is C19H22N2O3S. The van der Waals surface area contributed by atoms with E-state index in [0.29, 0.717) is 12.3 Å². The van der Waals surface area contributed by atoms with Gasteiger partial charge in [0.25, 0.3) is 0 Å². The van der Waals surface area contributed by atoms with Gasteiger partial charge in [-0.05, 0) is 29.8 Å². The summed E-state index contributed by atoms with van der Waals surface area (Å²) in [6.45, 7) is 5.04. The highest BCUT2D eigenvalue weighted by Gasteiger charge is 2.24. The lowest BCUT2D eigenvalue weighted by molar-refractivity contribution is -0.118. The smallest absolute Gasteiger partial charge is 0.231 e. The van der Waals surface area contributed by atoms with Crippen LogP contribution < -0.4 is 14.8 Å². The van der Waals surface area contributed by atoms with Crippen LogP contribution in [-0.2, 0) is 16.0 Å². The molecule has 2 heterocycles. The average molecular weight is 358 g/mol. The van der Waals surface area contributed by atoms with Gasteiger partial charge in [0.2, 0.25) is 12.7 Å². The van der Waals surface area contributed by atoms with Crippen LogP contribution in [0.4, 0.5) is 0 Å². The first-order valence-corrected chi connectivity index (χ1v) is 9.34. The predicted octanol–water partition coefficient (Wildman–Crippen LogP) is 3.14. The van der Waals surface area contributed by atoms with Gasteiger partial charge in [0, 0.05) is 23.9 Å². The summed E-state index contributed by atoms with van der Waals surface area (Å²) in [7, 11) is 0. The molecule has 1 N–H and O–H groups in total. The van der Waals surface area contributed by atoms with Crippen LogP contribution in [0.25, 0.3) is 0 Å². The molecule has 132 valence electrons. The van der Waals surface area contributed by atoms with Crippen LogP contribution in [0.15, 0.2) is 42.6 Å². The highest BCUT2D eigenvalue weighted by molar-refractivity contribution is 7.99. The molecule has 25 heavy (non-hydrogen) atoms. The van der Waals surface area contributed by atoms with E-state index in [1.54, 1.807) is 18.0 Å². The van der Waals surface area contributed by atoms with Crippen molar-refractivity contribution in [1.29, 1.82) is 0 Å². The molecule has 0 atom stereocenters. The van der Waals surface area contributed by atoms with Crippen LogP contribution in [0.3, 0.4) is 0 Å². The second kappa shape index (κ2) is 7.78. The number of hydrogen-bond acceptors (Lipinski definition) is 5. The largest absolute Gasteiger partial charge is 0.454 e. The minimum absolute atomic E-state index is 0.0368. The Morgan fingerprint density at radius 2 is 2.08 bits per heavy atom. The van der Waals surface area contributed by atoms with Crippen molar-refractivity contribution in [1.82, 2.24) is 10.3 Å². The molecule has 1 amide bonds. The maximum atomic E-state index is 12.1. The summed E-state index contributed by atoms with van der Waals surface area (Å²) in [6.07, 6.45) is 1.77. The van der Waals surface area contributed by atoms with E-state index in [1.165, 1.54) is 0 Å². The number of thioether (sulfide) groups is 1. The van der Waals surface area contributed by atoms with Crippen LogP contribution >= 0.6 is 11.8 Å². The zero-order valence-electron chi connectivity index (χ0n) is 14.5. The minimum Gasteiger partial charge on any atom is -0.454 e. The Kier molecular flexibility index (Phi) is 5.48. The topological polar surface area (TPSA) is 60.5 Å². The summed E-state index contributed by atoms with van der Waals surface area (Å²) in [5.74, 6) is 2.74. The van der Waals surface area contributed by atoms with Crippen molar-refractivity contribution < 1.29 is 14.3 Å². The number of carbonyl (C=O) groups is 1. The maximum Gasteiger partial charge on any atom is 0.231 e. The third-order valence-electron chi connectivity index (χ3n) is 4.09. The molecule has 2 aromatic rings. The number of benzene rings is 1. The number of ether oxygens (including phenoxy) is 2. The summed E-state index contributed by atoms with van der Waals surface area (Å²) in [5, 5.41) is 3.02. The molecule has 0 aliphatic carbocycles. The van der Waals surface area contributed by atoms with Crippen molar-refractivity contribution in [3.05, 3.63) is 53.9 Å². The monoisotopic (exact) mass is 358 g/mol. The average Bonchev–Trinajstić information content (AvgIpc) is 3.09. The number of nitrogens with one attached hydrogen (secondary N) is 1. The molecule has 0 spiro atoms. The molecule has 1 aliphatic rings. The normalized spacial score (nSPS) is 12.9. The lowest BCUT2D eigenvalue weighted by atomic mass is 9.84. The van der Waals surface area contributed by atoms with Gasteiger partial charge in [-0.1, -0.05) is 26.0 Å². The fourth-order valence-corrected chi connectivity index (χ4v) is 3.29. The molecule has 1 aromatic carbocycles. The summed E-state index contributed by atoms with van der Waals surface area (Å²) < 4.78 is 10.8. The van der Waals surface area contributed by atoms with E-state index in [-0.39, 0.29) is 18.1 Å². The summed E-state index contributed by atoms with van der Waals surface area (Å²) >= 11 is 1.57. The zero-order valence-corrected chi connectivity index (χ0v) is 15.3. The standard InChI is InChI=1S/C19H22N2O3S/c1-19(2,14-6-7-16-17(9-14)24-13-23-16)12-21-18(22)11-25-10-15-5-3-4-8-20-15/h3-9H,10-13H2,1-2H3,(H,21,22). The Bertz CT molecular complexity index is 735. The van der Waals surface area contributed by atoms with Crippen molar-refractivity contribution in [2.24, 2.45) is 0 Å². The Morgan fingerprint density at radius 3 is 2.88 bits per heavy atom. The van der Waals surface area contributed by atoms with E-state index in [4.69, 9.17) is 9.47 Å². The fraction of sp³-hybridized carbons (Fsp3) is 0.368. The van der Waals surface area contributed by atoms with E-state index in [9.17, 15) is 4.79 Å². The number of rotatable bonds is 7. The second-order valence-corrected chi connectivity index (χ2v) is 7.53. The second-order valence-electron chi connectivity index (χ2n) is 6.54. The number of pyridine rings is 1. The van der Waals surface area contributed by atoms with E-state index in [2.05, 4.69) is 24.1 Å². The first-order valence-electron chi connectivity index (χ1n) is 8.19. The van der Waals surface area contributed by atoms with Gasteiger partial charge in [-0.25, -0.2) is 0 Å². The number of aromatic nitrogens is 1. The zero-order chi connectivity index (χ0) is 17.7. The van der Waals surface area contributed by atoms with Gasteiger partial charge in [0.1, 0.15) is 0 Å². The Labute approximate surface area is 152 Å². The highest BCUT2D eigenvalue weighted by Crippen LogP contribution is 2.36. The van der Waals surface area contributed by atoms with Gasteiger partial charge in [-0.3, -0.25) is 9.78 Å². The lowest BCUT2D eigenvalue weighted by Crippen LogP contribution is -2.37. The van der Waals surface area contributed by atoms with E-state index < -0.39 is 0 Å². The Balaban J connectivity index is 1.47. The van der Waals surface area contributed by atoms with E-state index in [1.807, 2.05) is 36.4 Å². The molecule has 0 unspecified atom stereocenters. The van der Waals surface area contributed by atoms with Gasteiger partial charge < -0.3 is 14.8 Å². The minimum atomic E-state index is -0.192. The summed E-state index contributed by atoms with van der Waals surface area (Å²) in [5.41, 5.74) is 1.90. The maximum absolute atomic E-state index is 12.1. The van der Waals surface area contributed by atoms with Crippen molar-refractivity contribution in [2.45, 2.75) is 25.0 Å². The van der Waals surface area contributed by atoms with Gasteiger partial charge in [-0.15, -0.1) is 11.8 Å². The number of fused-ring (bicyclic) bond motifs is 1. The Hall–Kier alpha value is -2.21. The molecule has 5 nitrogen and oxygen atoms in total. The van der Waals surface area contributed by atoms with Crippen molar-refractivity contribution >= 4 is 17.7 Å². The molecular weight excluding hydrogens is 336 g/mol. The molecule has 3 rings (SSSR count). The van der Waals surface area contributed by atoms with Crippen molar-refractivity contribution in [2.75, 3.05) is 19.1 Å². The molecule has 1 aliphatic heterocycles. The molecule has 0 radical (unpaired) electrons. The number of carbonyl (C=O) groups excluding carboxylic acids is 1. The fourth-order valence-electron chi connectivity index (χ4n) is 2.52. The first kappa shape index (κ1) is 17.6. The molecule has 0 bridgehead atoms. The lowest BCUT2D eigenvalue weighted by Gasteiger charge is -2.26. The van der Waals surface area contributed by atoms with Crippen LogP contribution in [0.1, 0.15) is 25.1 Å². The van der Waals surface area contributed by atoms with Crippen LogP contribution in [0.2, 0.25) is 0 Å². The Morgan fingerprint density at radius 1 is 1.24 bits per heavy atom. The SMILES string of the molecule is CC(C)(CNC(=O)CSCc1ccccn1)c1ccc2c(c1)OCO2. The number of nitrogens with zero attached hydrogens (tertiary/aromatic N) is 1. The molecule has 0 saturated heterocycles. The van der Waals surface area contributed by atoms with Gasteiger partial charge in [0.15, 0.2) is 11.5 Å². The van der Waals surface area contributed by atoms with E-state index in [0.717, 1.165) is 28.5 Å². The molecule has 6 heteroatoms. The molecule has 1 aromatic heterocycles. The van der Waals surface area contributed by atoms with Gasteiger partial charge in [-0.2, -0.15) is 0 Å². The third-order valence-corrected chi connectivity index (χ3v) is 5.06. The highest BCUT2D eigenvalue weighted by atomic mass is 32.2. The van der Waals surface area contributed by atoms with Crippen LogP contribution in [-0.4, -0.2) is 30.0 Å². The molecule has 0 saturated carbocycles. The van der Waals surface area contributed by atoms with Crippen molar-refractivity contribution in [3.63, 3.8) is 0 Å². The van der Waals surface area contributed by atoms with Crippen LogP contribution in [0.5, 0.6) is 11.5 Å².